The van der Waals surface area contributed by atoms with Gasteiger partial charge in [0.25, 0.3) is 5.91 Å². The van der Waals surface area contributed by atoms with Crippen molar-refractivity contribution in [3.05, 3.63) is 18.0 Å². The molecule has 0 radical (unpaired) electrons. The first kappa shape index (κ1) is 12.1. The molecule has 1 aromatic rings. The third kappa shape index (κ3) is 2.75. The van der Waals surface area contributed by atoms with Gasteiger partial charge < -0.3 is 20.5 Å². The predicted octanol–water partition coefficient (Wildman–Crippen LogP) is -0.575. The maximum atomic E-state index is 11.6. The quantitative estimate of drug-likeness (QED) is 0.721. The maximum Gasteiger partial charge on any atom is 0.268 e. The number of aryl methyl sites for hydroxylation is 1. The van der Waals surface area contributed by atoms with E-state index in [9.17, 15) is 9.59 Å². The molecule has 0 aromatic carbocycles. The molecule has 0 saturated heterocycles. The second kappa shape index (κ2) is 4.69. The Morgan fingerprint density at radius 1 is 1.50 bits per heavy atom. The molecule has 0 aliphatic carbocycles. The van der Waals surface area contributed by atoms with E-state index >= 15 is 0 Å². The normalized spacial score (nSPS) is 9.94. The first-order chi connectivity index (χ1) is 7.41. The predicted molar refractivity (Wildman–Crippen MR) is 60.9 cm³/mol. The van der Waals surface area contributed by atoms with E-state index in [2.05, 4.69) is 5.32 Å². The summed E-state index contributed by atoms with van der Waals surface area (Å²) < 4.78 is 1.62. The summed E-state index contributed by atoms with van der Waals surface area (Å²) in [7, 11) is 4.99. The van der Waals surface area contributed by atoms with Gasteiger partial charge in [-0.25, -0.2) is 0 Å². The minimum Gasteiger partial charge on any atom is -0.397 e. The van der Waals surface area contributed by atoms with Crippen molar-refractivity contribution >= 4 is 17.5 Å². The van der Waals surface area contributed by atoms with Crippen molar-refractivity contribution in [2.45, 2.75) is 0 Å². The molecule has 6 heteroatoms. The summed E-state index contributed by atoms with van der Waals surface area (Å²) in [5, 5.41) is 2.53. The average Bonchev–Trinajstić information content (AvgIpc) is 2.53. The fourth-order valence-electron chi connectivity index (χ4n) is 1.22. The fraction of sp³-hybridized carbons (Fsp3) is 0.400. The lowest BCUT2D eigenvalue weighted by atomic mass is 10.4. The Hall–Kier alpha value is -1.98. The monoisotopic (exact) mass is 224 g/mol. The van der Waals surface area contributed by atoms with E-state index in [1.807, 2.05) is 0 Å². The summed E-state index contributed by atoms with van der Waals surface area (Å²) in [6, 6.07) is 1.56. The molecule has 0 aliphatic heterocycles. The van der Waals surface area contributed by atoms with E-state index in [-0.39, 0.29) is 18.4 Å². The Balaban J connectivity index is 2.60. The third-order valence-electron chi connectivity index (χ3n) is 2.16. The van der Waals surface area contributed by atoms with E-state index in [4.69, 9.17) is 5.73 Å². The van der Waals surface area contributed by atoms with Crippen LogP contribution in [0.1, 0.15) is 10.5 Å². The van der Waals surface area contributed by atoms with Crippen molar-refractivity contribution < 1.29 is 9.59 Å². The van der Waals surface area contributed by atoms with Crippen molar-refractivity contribution in [2.75, 3.05) is 26.4 Å². The molecule has 2 amide bonds. The van der Waals surface area contributed by atoms with Gasteiger partial charge in [0.1, 0.15) is 5.69 Å². The van der Waals surface area contributed by atoms with Crippen LogP contribution in [0.2, 0.25) is 0 Å². The van der Waals surface area contributed by atoms with Gasteiger partial charge in [-0.2, -0.15) is 0 Å². The molecule has 3 N–H and O–H groups in total. The van der Waals surface area contributed by atoms with Crippen LogP contribution in [0.15, 0.2) is 12.3 Å². The van der Waals surface area contributed by atoms with E-state index in [0.29, 0.717) is 11.4 Å². The van der Waals surface area contributed by atoms with E-state index in [0.717, 1.165) is 0 Å². The number of nitrogens with one attached hydrogen (secondary N) is 1. The Morgan fingerprint density at radius 3 is 2.56 bits per heavy atom. The minimum atomic E-state index is -0.311. The van der Waals surface area contributed by atoms with Gasteiger partial charge in [-0.1, -0.05) is 0 Å². The topological polar surface area (TPSA) is 80.4 Å². The van der Waals surface area contributed by atoms with E-state index in [1.165, 1.54) is 4.90 Å². The lowest BCUT2D eigenvalue weighted by Crippen LogP contribution is -2.36. The first-order valence-electron chi connectivity index (χ1n) is 4.82. The van der Waals surface area contributed by atoms with Crippen molar-refractivity contribution in [1.82, 2.24) is 14.8 Å². The van der Waals surface area contributed by atoms with Crippen LogP contribution in [0.3, 0.4) is 0 Å². The molecule has 1 heterocycles. The smallest absolute Gasteiger partial charge is 0.268 e. The summed E-state index contributed by atoms with van der Waals surface area (Å²) in [6.07, 6.45) is 1.64. The number of aromatic nitrogens is 1. The van der Waals surface area contributed by atoms with Crippen LogP contribution >= 0.6 is 0 Å². The van der Waals surface area contributed by atoms with Crippen LogP contribution in [0.5, 0.6) is 0 Å². The van der Waals surface area contributed by atoms with Gasteiger partial charge in [0.05, 0.1) is 12.2 Å². The summed E-state index contributed by atoms with van der Waals surface area (Å²) in [5.74, 6) is -0.468. The van der Waals surface area contributed by atoms with Gasteiger partial charge in [0, 0.05) is 27.3 Å². The highest BCUT2D eigenvalue weighted by atomic mass is 16.2. The first-order valence-corrected chi connectivity index (χ1v) is 4.82. The Kier molecular flexibility index (Phi) is 3.55. The number of likely N-dealkylation sites (N-methyl/N-ethyl adjacent to an activating group) is 1. The second-order valence-corrected chi connectivity index (χ2v) is 3.74. The van der Waals surface area contributed by atoms with Crippen LogP contribution in [-0.4, -0.2) is 41.9 Å². The molecule has 1 rings (SSSR count). The fourth-order valence-corrected chi connectivity index (χ4v) is 1.22. The van der Waals surface area contributed by atoms with Gasteiger partial charge in [-0.05, 0) is 6.07 Å². The molecule has 0 fully saturated rings. The zero-order valence-corrected chi connectivity index (χ0v) is 9.65. The molecular weight excluding hydrogens is 208 g/mol. The average molecular weight is 224 g/mol. The molecule has 1 aromatic heterocycles. The number of nitrogen functional groups attached to an aromatic ring is 1. The summed E-state index contributed by atoms with van der Waals surface area (Å²) in [4.78, 5) is 24.3. The zero-order valence-electron chi connectivity index (χ0n) is 9.65. The minimum absolute atomic E-state index is 0.0169. The van der Waals surface area contributed by atoms with Gasteiger partial charge in [-0.3, -0.25) is 9.59 Å². The third-order valence-corrected chi connectivity index (χ3v) is 2.16. The molecular formula is C10H16N4O2. The number of carbonyl (C=O) groups excluding carboxylic acids is 2. The molecule has 0 bridgehead atoms. The number of amides is 2. The molecule has 0 spiro atoms. The highest BCUT2D eigenvalue weighted by Gasteiger charge is 2.12. The molecule has 0 unspecified atom stereocenters. The van der Waals surface area contributed by atoms with Gasteiger partial charge >= 0.3 is 0 Å². The van der Waals surface area contributed by atoms with Crippen molar-refractivity contribution in [3.8, 4) is 0 Å². The molecule has 6 nitrogen and oxygen atoms in total. The van der Waals surface area contributed by atoms with Crippen LogP contribution < -0.4 is 11.1 Å². The summed E-state index contributed by atoms with van der Waals surface area (Å²) in [6.45, 7) is -0.0169. The summed E-state index contributed by atoms with van der Waals surface area (Å²) in [5.41, 5.74) is 6.50. The van der Waals surface area contributed by atoms with Crippen molar-refractivity contribution in [2.24, 2.45) is 7.05 Å². The van der Waals surface area contributed by atoms with Crippen molar-refractivity contribution in [3.63, 3.8) is 0 Å². The molecule has 88 valence electrons. The number of anilines is 1. The number of hydrogen-bond acceptors (Lipinski definition) is 3. The second-order valence-electron chi connectivity index (χ2n) is 3.74. The number of carbonyl (C=O) groups is 2. The lowest BCUT2D eigenvalue weighted by Gasteiger charge is -2.11. The number of hydrogen-bond donors (Lipinski definition) is 2. The summed E-state index contributed by atoms with van der Waals surface area (Å²) >= 11 is 0. The van der Waals surface area contributed by atoms with Gasteiger partial charge in [-0.15, -0.1) is 0 Å². The van der Waals surface area contributed by atoms with Gasteiger partial charge in [0.15, 0.2) is 0 Å². The molecule has 0 atom stereocenters. The lowest BCUT2D eigenvalue weighted by molar-refractivity contribution is -0.127. The number of rotatable bonds is 3. The van der Waals surface area contributed by atoms with Crippen LogP contribution in [0, 0.1) is 0 Å². The highest BCUT2D eigenvalue weighted by Crippen LogP contribution is 2.07. The van der Waals surface area contributed by atoms with Crippen LogP contribution in [-0.2, 0) is 11.8 Å². The Morgan fingerprint density at radius 2 is 2.12 bits per heavy atom. The van der Waals surface area contributed by atoms with E-state index in [1.54, 1.807) is 38.0 Å². The molecule has 16 heavy (non-hydrogen) atoms. The Bertz CT molecular complexity index is 409. The van der Waals surface area contributed by atoms with Crippen LogP contribution in [0.25, 0.3) is 0 Å². The van der Waals surface area contributed by atoms with Gasteiger partial charge in [0.2, 0.25) is 5.91 Å². The largest absolute Gasteiger partial charge is 0.397 e. The van der Waals surface area contributed by atoms with Crippen molar-refractivity contribution in [1.29, 1.82) is 0 Å². The molecule has 0 aliphatic rings. The number of nitrogens with zero attached hydrogens (tertiary/aromatic N) is 2. The van der Waals surface area contributed by atoms with Crippen LogP contribution in [0.4, 0.5) is 5.69 Å². The van der Waals surface area contributed by atoms with E-state index < -0.39 is 0 Å². The zero-order chi connectivity index (χ0) is 12.3. The highest BCUT2D eigenvalue weighted by molar-refractivity contribution is 5.96. The Labute approximate surface area is 94.0 Å². The SMILES string of the molecule is CN(C)C(=O)CNC(=O)c1cc(N)cn1C. The standard InChI is InChI=1S/C10H16N4O2/c1-13(2)9(15)5-12-10(16)8-4-7(11)6-14(8)3/h4,6H,5,11H2,1-3H3,(H,12,16). The maximum absolute atomic E-state index is 11.6. The molecule has 0 saturated carbocycles. The number of nitrogens with two attached hydrogens (primary N) is 1.